The van der Waals surface area contributed by atoms with Crippen LogP contribution < -0.4 is 4.74 Å². The minimum atomic E-state index is 0.323. The second-order valence-corrected chi connectivity index (χ2v) is 4.60. The lowest BCUT2D eigenvalue weighted by Gasteiger charge is -2.29. The summed E-state index contributed by atoms with van der Waals surface area (Å²) in [5, 5.41) is 8.66. The Labute approximate surface area is 103 Å². The standard InChI is InChI=1S/C14H18N2O/c1-16-9-6-13(7-10-16)17-14-4-2-3-12(11-14)5-8-15/h2-4,11,13H,5-7,9-10H2,1H3. The zero-order valence-electron chi connectivity index (χ0n) is 10.2. The summed E-state index contributed by atoms with van der Waals surface area (Å²) in [4.78, 5) is 2.33. The fraction of sp³-hybridized carbons (Fsp3) is 0.500. The number of nitriles is 1. The van der Waals surface area contributed by atoms with Crippen molar-refractivity contribution in [2.75, 3.05) is 20.1 Å². The Kier molecular flexibility index (Phi) is 4.00. The number of benzene rings is 1. The molecule has 17 heavy (non-hydrogen) atoms. The molecule has 1 fully saturated rings. The molecule has 3 nitrogen and oxygen atoms in total. The van der Waals surface area contributed by atoms with Gasteiger partial charge in [-0.25, -0.2) is 0 Å². The molecule has 1 aromatic carbocycles. The molecule has 3 heteroatoms. The number of likely N-dealkylation sites (tertiary alicyclic amines) is 1. The van der Waals surface area contributed by atoms with E-state index in [1.165, 1.54) is 0 Å². The van der Waals surface area contributed by atoms with Crippen LogP contribution in [0.5, 0.6) is 5.75 Å². The third-order valence-electron chi connectivity index (χ3n) is 3.15. The van der Waals surface area contributed by atoms with Crippen LogP contribution in [0.1, 0.15) is 18.4 Å². The lowest BCUT2D eigenvalue weighted by molar-refractivity contribution is 0.114. The fourth-order valence-corrected chi connectivity index (χ4v) is 2.12. The van der Waals surface area contributed by atoms with E-state index in [0.29, 0.717) is 12.5 Å². The topological polar surface area (TPSA) is 36.3 Å². The monoisotopic (exact) mass is 230 g/mol. The van der Waals surface area contributed by atoms with Crippen LogP contribution in [-0.2, 0) is 6.42 Å². The van der Waals surface area contributed by atoms with Crippen molar-refractivity contribution >= 4 is 0 Å². The van der Waals surface area contributed by atoms with Gasteiger partial charge in [-0.1, -0.05) is 12.1 Å². The molecule has 0 radical (unpaired) electrons. The van der Waals surface area contributed by atoms with E-state index in [0.717, 1.165) is 37.2 Å². The Morgan fingerprint density at radius 1 is 1.41 bits per heavy atom. The number of hydrogen-bond donors (Lipinski definition) is 0. The van der Waals surface area contributed by atoms with Crippen LogP contribution in [0.15, 0.2) is 24.3 Å². The van der Waals surface area contributed by atoms with Crippen LogP contribution in [0.4, 0.5) is 0 Å². The third kappa shape index (κ3) is 3.47. The van der Waals surface area contributed by atoms with Gasteiger partial charge in [0.15, 0.2) is 0 Å². The highest BCUT2D eigenvalue weighted by atomic mass is 16.5. The van der Waals surface area contributed by atoms with Crippen LogP contribution in [0.3, 0.4) is 0 Å². The molecule has 1 aliphatic heterocycles. The zero-order valence-corrected chi connectivity index (χ0v) is 10.2. The molecule has 1 aromatic rings. The highest BCUT2D eigenvalue weighted by Crippen LogP contribution is 2.19. The molecule has 1 aliphatic rings. The van der Waals surface area contributed by atoms with Gasteiger partial charge in [0.2, 0.25) is 0 Å². The van der Waals surface area contributed by atoms with E-state index >= 15 is 0 Å². The second kappa shape index (κ2) is 5.70. The summed E-state index contributed by atoms with van der Waals surface area (Å²) in [5.74, 6) is 0.896. The van der Waals surface area contributed by atoms with Crippen molar-refractivity contribution in [2.45, 2.75) is 25.4 Å². The van der Waals surface area contributed by atoms with Crippen LogP contribution >= 0.6 is 0 Å². The average molecular weight is 230 g/mol. The first kappa shape index (κ1) is 11.9. The van der Waals surface area contributed by atoms with Crippen LogP contribution in [0, 0.1) is 11.3 Å². The lowest BCUT2D eigenvalue weighted by Crippen LogP contribution is -2.35. The molecule has 90 valence electrons. The van der Waals surface area contributed by atoms with Crippen LogP contribution in [0.25, 0.3) is 0 Å². The molecular formula is C14H18N2O. The van der Waals surface area contributed by atoms with Gasteiger partial charge >= 0.3 is 0 Å². The van der Waals surface area contributed by atoms with Gasteiger partial charge in [0.05, 0.1) is 12.5 Å². The predicted octanol–water partition coefficient (Wildman–Crippen LogP) is 2.23. The number of hydrogen-bond acceptors (Lipinski definition) is 3. The normalized spacial score (nSPS) is 17.6. The van der Waals surface area contributed by atoms with Gasteiger partial charge in [-0.15, -0.1) is 0 Å². The predicted molar refractivity (Wildman–Crippen MR) is 66.9 cm³/mol. The lowest BCUT2D eigenvalue weighted by atomic mass is 10.1. The van der Waals surface area contributed by atoms with Crippen LogP contribution in [-0.4, -0.2) is 31.1 Å². The van der Waals surface area contributed by atoms with E-state index < -0.39 is 0 Å². The molecule has 0 aromatic heterocycles. The van der Waals surface area contributed by atoms with Gasteiger partial charge in [0.25, 0.3) is 0 Å². The van der Waals surface area contributed by atoms with Gasteiger partial charge in [-0.3, -0.25) is 0 Å². The van der Waals surface area contributed by atoms with Gasteiger partial charge in [0.1, 0.15) is 11.9 Å². The summed E-state index contributed by atoms with van der Waals surface area (Å²) in [6.07, 6.45) is 2.94. The highest BCUT2D eigenvalue weighted by Gasteiger charge is 2.17. The van der Waals surface area contributed by atoms with E-state index in [4.69, 9.17) is 10.00 Å². The van der Waals surface area contributed by atoms with E-state index in [2.05, 4.69) is 18.0 Å². The van der Waals surface area contributed by atoms with E-state index in [-0.39, 0.29) is 0 Å². The molecular weight excluding hydrogens is 212 g/mol. The molecule has 0 amide bonds. The maximum atomic E-state index is 8.66. The maximum Gasteiger partial charge on any atom is 0.120 e. The van der Waals surface area contributed by atoms with Crippen molar-refractivity contribution in [3.8, 4) is 11.8 Å². The van der Waals surface area contributed by atoms with E-state index in [9.17, 15) is 0 Å². The Bertz CT molecular complexity index is 403. The summed E-state index contributed by atoms with van der Waals surface area (Å²) >= 11 is 0. The smallest absolute Gasteiger partial charge is 0.120 e. The first-order valence-electron chi connectivity index (χ1n) is 6.09. The molecule has 1 heterocycles. The first-order chi connectivity index (χ1) is 8.28. The molecule has 0 N–H and O–H groups in total. The number of nitrogens with zero attached hydrogens (tertiary/aromatic N) is 2. The number of rotatable bonds is 3. The van der Waals surface area contributed by atoms with E-state index in [1.807, 2.05) is 24.3 Å². The fourth-order valence-electron chi connectivity index (χ4n) is 2.12. The van der Waals surface area contributed by atoms with Crippen molar-refractivity contribution in [1.29, 1.82) is 5.26 Å². The van der Waals surface area contributed by atoms with Crippen molar-refractivity contribution in [2.24, 2.45) is 0 Å². The van der Waals surface area contributed by atoms with Gasteiger partial charge in [-0.05, 0) is 37.6 Å². The Morgan fingerprint density at radius 2 is 2.18 bits per heavy atom. The molecule has 0 spiro atoms. The summed E-state index contributed by atoms with van der Waals surface area (Å²) in [7, 11) is 2.14. The van der Waals surface area contributed by atoms with Crippen LogP contribution in [0.2, 0.25) is 0 Å². The van der Waals surface area contributed by atoms with E-state index in [1.54, 1.807) is 0 Å². The quantitative estimate of drug-likeness (QED) is 0.799. The van der Waals surface area contributed by atoms with Crippen molar-refractivity contribution in [3.63, 3.8) is 0 Å². The Balaban J connectivity index is 1.94. The van der Waals surface area contributed by atoms with Crippen molar-refractivity contribution in [3.05, 3.63) is 29.8 Å². The molecule has 0 atom stereocenters. The van der Waals surface area contributed by atoms with Crippen molar-refractivity contribution in [1.82, 2.24) is 4.90 Å². The molecule has 2 rings (SSSR count). The molecule has 0 bridgehead atoms. The SMILES string of the molecule is CN1CCC(Oc2cccc(CC#N)c2)CC1. The highest BCUT2D eigenvalue weighted by molar-refractivity contribution is 5.30. The minimum absolute atomic E-state index is 0.323. The average Bonchev–Trinajstić information content (AvgIpc) is 2.33. The number of ether oxygens (including phenoxy) is 1. The van der Waals surface area contributed by atoms with Gasteiger partial charge in [-0.2, -0.15) is 5.26 Å². The largest absolute Gasteiger partial charge is 0.490 e. The van der Waals surface area contributed by atoms with Gasteiger partial charge < -0.3 is 9.64 Å². The zero-order chi connectivity index (χ0) is 12.1. The second-order valence-electron chi connectivity index (χ2n) is 4.60. The first-order valence-corrected chi connectivity index (χ1v) is 6.09. The Morgan fingerprint density at radius 3 is 2.88 bits per heavy atom. The number of piperidine rings is 1. The summed E-state index contributed by atoms with van der Waals surface area (Å²) in [6.45, 7) is 2.20. The Hall–Kier alpha value is -1.53. The molecule has 0 aliphatic carbocycles. The molecule has 1 saturated heterocycles. The minimum Gasteiger partial charge on any atom is -0.490 e. The summed E-state index contributed by atoms with van der Waals surface area (Å²) in [5.41, 5.74) is 1.03. The van der Waals surface area contributed by atoms with Gasteiger partial charge in [0, 0.05) is 13.1 Å². The third-order valence-corrected chi connectivity index (χ3v) is 3.15. The summed E-state index contributed by atoms with van der Waals surface area (Å²) < 4.78 is 5.95. The maximum absolute atomic E-state index is 8.66. The molecule has 0 saturated carbocycles. The molecule has 0 unspecified atom stereocenters. The summed E-state index contributed by atoms with van der Waals surface area (Å²) in [6, 6.07) is 10.0. The van der Waals surface area contributed by atoms with Crippen molar-refractivity contribution < 1.29 is 4.74 Å².